The predicted molar refractivity (Wildman–Crippen MR) is 119 cm³/mol. The maximum Gasteiger partial charge on any atom is 0.159 e. The molecule has 0 aliphatic heterocycles. The van der Waals surface area contributed by atoms with Crippen molar-refractivity contribution >= 4 is 37.0 Å². The SMILES string of the molecule is C=Cc1cncc(C=O)c1.CC(=O)c1cccc(C=O)c1.O=CC1CCCC(C=O)C1. The van der Waals surface area contributed by atoms with E-state index in [-0.39, 0.29) is 17.6 Å². The van der Waals surface area contributed by atoms with E-state index in [1.165, 1.54) is 13.1 Å². The molecule has 0 saturated heterocycles. The highest BCUT2D eigenvalue weighted by atomic mass is 16.1. The number of carbonyl (C=O) groups excluding carboxylic acids is 5. The second kappa shape index (κ2) is 14.4. The van der Waals surface area contributed by atoms with Crippen LogP contribution in [-0.4, -0.2) is 35.9 Å². The summed E-state index contributed by atoms with van der Waals surface area (Å²) in [5.41, 5.74) is 2.56. The van der Waals surface area contributed by atoms with E-state index < -0.39 is 0 Å². The summed E-state index contributed by atoms with van der Waals surface area (Å²) >= 11 is 0. The molecule has 3 rings (SSSR count). The zero-order valence-electron chi connectivity index (χ0n) is 17.6. The fraction of sp³-hybridized carbons (Fsp3) is 0.280. The number of pyridine rings is 1. The quantitative estimate of drug-likeness (QED) is 0.505. The molecule has 0 spiro atoms. The van der Waals surface area contributed by atoms with E-state index in [9.17, 15) is 24.0 Å². The molecule has 0 amide bonds. The number of hydrogen-bond acceptors (Lipinski definition) is 6. The molecule has 2 unspecified atom stereocenters. The van der Waals surface area contributed by atoms with E-state index in [0.717, 1.165) is 56.4 Å². The third-order valence-electron chi connectivity index (χ3n) is 4.72. The zero-order valence-corrected chi connectivity index (χ0v) is 17.6. The molecule has 1 saturated carbocycles. The topological polar surface area (TPSA) is 98.2 Å². The fourth-order valence-corrected chi connectivity index (χ4v) is 3.00. The highest BCUT2D eigenvalue weighted by Gasteiger charge is 2.20. The average Bonchev–Trinajstić information content (AvgIpc) is 2.84. The molecule has 1 aromatic carbocycles. The summed E-state index contributed by atoms with van der Waals surface area (Å²) < 4.78 is 0. The van der Waals surface area contributed by atoms with Crippen molar-refractivity contribution in [1.82, 2.24) is 4.98 Å². The van der Waals surface area contributed by atoms with Gasteiger partial charge in [-0.05, 0) is 43.9 Å². The summed E-state index contributed by atoms with van der Waals surface area (Å²) in [5.74, 6) is 0.293. The van der Waals surface area contributed by atoms with Crippen LogP contribution in [0.2, 0.25) is 0 Å². The zero-order chi connectivity index (χ0) is 23.1. The smallest absolute Gasteiger partial charge is 0.159 e. The number of nitrogens with zero attached hydrogens (tertiary/aromatic N) is 1. The molecule has 0 bridgehead atoms. The van der Waals surface area contributed by atoms with Gasteiger partial charge in [-0.1, -0.05) is 37.3 Å². The molecule has 31 heavy (non-hydrogen) atoms. The molecular formula is C25H27NO5. The third kappa shape index (κ3) is 9.67. The highest BCUT2D eigenvalue weighted by Crippen LogP contribution is 2.25. The molecular weight excluding hydrogens is 394 g/mol. The number of aldehydes is 4. The third-order valence-corrected chi connectivity index (χ3v) is 4.72. The normalized spacial score (nSPS) is 16.8. The van der Waals surface area contributed by atoms with Crippen LogP contribution in [-0.2, 0) is 9.59 Å². The van der Waals surface area contributed by atoms with Crippen LogP contribution in [0.5, 0.6) is 0 Å². The van der Waals surface area contributed by atoms with E-state index in [2.05, 4.69) is 11.6 Å². The molecule has 2 aromatic rings. The molecule has 1 aliphatic carbocycles. The van der Waals surface area contributed by atoms with Crippen molar-refractivity contribution in [3.8, 4) is 0 Å². The van der Waals surface area contributed by atoms with Gasteiger partial charge >= 0.3 is 0 Å². The van der Waals surface area contributed by atoms with Gasteiger partial charge in [0.05, 0.1) is 0 Å². The van der Waals surface area contributed by atoms with Crippen molar-refractivity contribution in [1.29, 1.82) is 0 Å². The maximum atomic E-state index is 10.8. The molecule has 1 aromatic heterocycles. The van der Waals surface area contributed by atoms with Gasteiger partial charge in [0.2, 0.25) is 0 Å². The van der Waals surface area contributed by atoms with Crippen molar-refractivity contribution in [3.63, 3.8) is 0 Å². The van der Waals surface area contributed by atoms with E-state index in [0.29, 0.717) is 16.7 Å². The molecule has 6 nitrogen and oxygen atoms in total. The fourth-order valence-electron chi connectivity index (χ4n) is 3.00. The van der Waals surface area contributed by atoms with Gasteiger partial charge in [-0.25, -0.2) is 0 Å². The Labute approximate surface area is 182 Å². The van der Waals surface area contributed by atoms with Crippen LogP contribution in [0.4, 0.5) is 0 Å². The van der Waals surface area contributed by atoms with Crippen molar-refractivity contribution < 1.29 is 24.0 Å². The van der Waals surface area contributed by atoms with Crippen molar-refractivity contribution in [2.75, 3.05) is 0 Å². The Kier molecular flexibility index (Phi) is 11.9. The van der Waals surface area contributed by atoms with Gasteiger partial charge in [0.25, 0.3) is 0 Å². The van der Waals surface area contributed by atoms with Gasteiger partial charge in [-0.2, -0.15) is 0 Å². The largest absolute Gasteiger partial charge is 0.303 e. The summed E-state index contributed by atoms with van der Waals surface area (Å²) in [6.45, 7) is 5.03. The number of ketones is 1. The van der Waals surface area contributed by atoms with Gasteiger partial charge in [0.1, 0.15) is 18.9 Å². The van der Waals surface area contributed by atoms with Crippen LogP contribution >= 0.6 is 0 Å². The lowest BCUT2D eigenvalue weighted by atomic mass is 9.83. The number of Topliss-reactive ketones (excluding diaryl/α,β-unsaturated/α-hetero) is 1. The van der Waals surface area contributed by atoms with Crippen molar-refractivity contribution in [2.24, 2.45) is 11.8 Å². The molecule has 0 N–H and O–H groups in total. The first kappa shape index (κ1) is 25.5. The summed E-state index contributed by atoms with van der Waals surface area (Å²) in [6, 6.07) is 8.36. The minimum absolute atomic E-state index is 0.0197. The average molecular weight is 421 g/mol. The van der Waals surface area contributed by atoms with E-state index >= 15 is 0 Å². The molecule has 2 atom stereocenters. The van der Waals surface area contributed by atoms with Crippen LogP contribution in [0.25, 0.3) is 6.08 Å². The first-order valence-electron chi connectivity index (χ1n) is 9.96. The van der Waals surface area contributed by atoms with E-state index in [4.69, 9.17) is 0 Å². The Morgan fingerprint density at radius 2 is 1.55 bits per heavy atom. The van der Waals surface area contributed by atoms with Crippen LogP contribution in [0.1, 0.15) is 69.2 Å². The van der Waals surface area contributed by atoms with Gasteiger partial charge in [-0.3, -0.25) is 19.4 Å². The van der Waals surface area contributed by atoms with E-state index in [1.807, 2.05) is 0 Å². The van der Waals surface area contributed by atoms with Crippen LogP contribution in [0.15, 0.2) is 49.3 Å². The lowest BCUT2D eigenvalue weighted by Crippen LogP contribution is -2.17. The van der Waals surface area contributed by atoms with Crippen LogP contribution < -0.4 is 0 Å². The molecule has 162 valence electrons. The first-order chi connectivity index (χ1) is 15.0. The Balaban J connectivity index is 0.000000233. The van der Waals surface area contributed by atoms with Gasteiger partial charge in [0.15, 0.2) is 12.1 Å². The number of aromatic nitrogens is 1. The monoisotopic (exact) mass is 421 g/mol. The summed E-state index contributed by atoms with van der Waals surface area (Å²) in [6.07, 6.45) is 12.1. The van der Waals surface area contributed by atoms with Gasteiger partial charge in [0, 0.05) is 40.9 Å². The molecule has 1 heterocycles. The lowest BCUT2D eigenvalue weighted by Gasteiger charge is -2.20. The van der Waals surface area contributed by atoms with Crippen molar-refractivity contribution in [3.05, 3.63) is 71.6 Å². The molecule has 1 fully saturated rings. The summed E-state index contributed by atoms with van der Waals surface area (Å²) in [5, 5.41) is 0. The Hall–Kier alpha value is -3.54. The molecule has 6 heteroatoms. The first-order valence-corrected chi connectivity index (χ1v) is 9.96. The van der Waals surface area contributed by atoms with Crippen LogP contribution in [0, 0.1) is 11.8 Å². The molecule has 1 aliphatic rings. The Bertz CT molecular complexity index is 869. The minimum Gasteiger partial charge on any atom is -0.303 e. The number of benzene rings is 1. The number of rotatable bonds is 6. The number of carbonyl (C=O) groups is 5. The highest BCUT2D eigenvalue weighted by molar-refractivity contribution is 5.95. The predicted octanol–water partition coefficient (Wildman–Crippen LogP) is 4.43. The molecule has 0 radical (unpaired) electrons. The Morgan fingerprint density at radius 3 is 2.06 bits per heavy atom. The second-order valence-electron chi connectivity index (χ2n) is 7.13. The summed E-state index contributed by atoms with van der Waals surface area (Å²) in [7, 11) is 0. The van der Waals surface area contributed by atoms with Gasteiger partial charge < -0.3 is 9.59 Å². The second-order valence-corrected chi connectivity index (χ2v) is 7.13. The van der Waals surface area contributed by atoms with Gasteiger partial charge in [-0.15, -0.1) is 0 Å². The van der Waals surface area contributed by atoms with Crippen molar-refractivity contribution in [2.45, 2.75) is 32.6 Å². The minimum atomic E-state index is -0.0197. The lowest BCUT2D eigenvalue weighted by molar-refractivity contribution is -0.115. The number of hydrogen-bond donors (Lipinski definition) is 0. The van der Waals surface area contributed by atoms with E-state index in [1.54, 1.807) is 42.6 Å². The summed E-state index contributed by atoms with van der Waals surface area (Å²) in [4.78, 5) is 55.7. The Morgan fingerprint density at radius 1 is 0.935 bits per heavy atom. The maximum absolute atomic E-state index is 10.8. The van der Waals surface area contributed by atoms with Crippen LogP contribution in [0.3, 0.4) is 0 Å². The standard InChI is InChI=1S/C9H8O2.C8H7NO.C8H12O2/c1-7(11)9-4-2-3-8(5-9)6-10;1-2-7-3-8(6-10)5-9-4-7;9-5-7-2-1-3-8(4-7)6-10/h2-6H,1H3;2-6H,1H2;5-8H,1-4H2.